The molecule has 100 valence electrons. The number of aromatic nitrogens is 1. The summed E-state index contributed by atoms with van der Waals surface area (Å²) < 4.78 is 0. The smallest absolute Gasteiger partial charge is 0.146 e. The summed E-state index contributed by atoms with van der Waals surface area (Å²) in [5, 5.41) is 10.1. The van der Waals surface area contributed by atoms with Gasteiger partial charge in [0.25, 0.3) is 0 Å². The Morgan fingerprint density at radius 1 is 1.53 bits per heavy atom. The van der Waals surface area contributed by atoms with Crippen LogP contribution in [0.4, 0.5) is 5.82 Å². The molecule has 0 spiro atoms. The zero-order valence-electron chi connectivity index (χ0n) is 11.4. The summed E-state index contributed by atoms with van der Waals surface area (Å²) in [6.07, 6.45) is 4.54. The second-order valence-corrected chi connectivity index (χ2v) is 6.69. The average Bonchev–Trinajstić information content (AvgIpc) is 2.93. The van der Waals surface area contributed by atoms with Crippen molar-refractivity contribution in [2.45, 2.75) is 37.9 Å². The van der Waals surface area contributed by atoms with E-state index in [1.165, 1.54) is 24.1 Å². The van der Waals surface area contributed by atoms with Crippen LogP contribution in [0.1, 0.15) is 36.6 Å². The minimum absolute atomic E-state index is 0.676. The van der Waals surface area contributed by atoms with Gasteiger partial charge >= 0.3 is 0 Å². The topological polar surface area (TPSA) is 39.9 Å². The van der Waals surface area contributed by atoms with Gasteiger partial charge in [0.2, 0.25) is 0 Å². The molecule has 2 heterocycles. The highest BCUT2D eigenvalue weighted by molar-refractivity contribution is 8.00. The van der Waals surface area contributed by atoms with Gasteiger partial charge in [0.1, 0.15) is 11.9 Å². The van der Waals surface area contributed by atoms with Gasteiger partial charge < -0.3 is 4.90 Å². The highest BCUT2D eigenvalue weighted by atomic mass is 32.2. The zero-order valence-corrected chi connectivity index (χ0v) is 12.2. The number of pyridine rings is 1. The first kappa shape index (κ1) is 12.8. The number of hydrogen-bond acceptors (Lipinski definition) is 4. The first-order valence-corrected chi connectivity index (χ1v) is 8.16. The molecule has 1 aromatic heterocycles. The van der Waals surface area contributed by atoms with Crippen molar-refractivity contribution < 1.29 is 0 Å². The van der Waals surface area contributed by atoms with Crippen LogP contribution in [-0.4, -0.2) is 29.1 Å². The van der Waals surface area contributed by atoms with Gasteiger partial charge in [0.15, 0.2) is 0 Å². The van der Waals surface area contributed by atoms with E-state index in [4.69, 9.17) is 4.98 Å². The van der Waals surface area contributed by atoms with Crippen LogP contribution in [0, 0.1) is 11.3 Å². The Balaban J connectivity index is 1.93. The lowest BCUT2D eigenvalue weighted by atomic mass is 10.1. The summed E-state index contributed by atoms with van der Waals surface area (Å²) in [6.45, 7) is 4.28. The number of aryl methyl sites for hydroxylation is 2. The normalized spacial score (nSPS) is 22.1. The van der Waals surface area contributed by atoms with Crippen LogP contribution in [0.2, 0.25) is 0 Å². The minimum Gasteiger partial charge on any atom is -0.354 e. The van der Waals surface area contributed by atoms with E-state index in [0.29, 0.717) is 5.25 Å². The fourth-order valence-electron chi connectivity index (χ4n) is 2.94. The van der Waals surface area contributed by atoms with Crippen LogP contribution in [0.3, 0.4) is 0 Å². The molecule has 1 fully saturated rings. The fourth-order valence-corrected chi connectivity index (χ4v) is 4.12. The second-order valence-electron chi connectivity index (χ2n) is 5.28. The molecule has 0 radical (unpaired) electrons. The Labute approximate surface area is 119 Å². The van der Waals surface area contributed by atoms with Gasteiger partial charge in [-0.2, -0.15) is 17.0 Å². The lowest BCUT2D eigenvalue weighted by molar-refractivity contribution is 0.717. The van der Waals surface area contributed by atoms with Gasteiger partial charge in [-0.1, -0.05) is 6.92 Å². The quantitative estimate of drug-likeness (QED) is 0.830. The molecule has 1 saturated heterocycles. The standard InChI is InChI=1S/C15H19N3S/c1-2-13-10-18(6-7-19-13)15-12(9-16)8-11-4-3-5-14(11)17-15/h8,13H,2-7,10H2,1H3. The van der Waals surface area contributed by atoms with Gasteiger partial charge in [-0.05, 0) is 37.3 Å². The summed E-state index contributed by atoms with van der Waals surface area (Å²) >= 11 is 2.05. The molecule has 4 heteroatoms. The Bertz CT molecular complexity index is 521. The van der Waals surface area contributed by atoms with Crippen molar-refractivity contribution in [3.8, 4) is 6.07 Å². The minimum atomic E-state index is 0.676. The first-order valence-electron chi connectivity index (χ1n) is 7.11. The summed E-state index contributed by atoms with van der Waals surface area (Å²) in [4.78, 5) is 7.13. The lowest BCUT2D eigenvalue weighted by Crippen LogP contribution is -2.38. The highest BCUT2D eigenvalue weighted by Crippen LogP contribution is 2.30. The number of thioether (sulfide) groups is 1. The summed E-state index contributed by atoms with van der Waals surface area (Å²) in [5.74, 6) is 2.07. The van der Waals surface area contributed by atoms with E-state index < -0.39 is 0 Å². The number of nitrogens with zero attached hydrogens (tertiary/aromatic N) is 3. The second kappa shape index (κ2) is 5.42. The molecule has 3 nitrogen and oxygen atoms in total. The molecule has 0 N–H and O–H groups in total. The predicted octanol–water partition coefficient (Wildman–Crippen LogP) is 2.77. The summed E-state index contributed by atoms with van der Waals surface area (Å²) in [6, 6.07) is 4.42. The summed E-state index contributed by atoms with van der Waals surface area (Å²) in [5.41, 5.74) is 3.28. The van der Waals surface area contributed by atoms with Crippen LogP contribution >= 0.6 is 11.8 Å². The van der Waals surface area contributed by atoms with Crippen molar-refractivity contribution >= 4 is 17.6 Å². The molecule has 0 bridgehead atoms. The molecule has 0 saturated carbocycles. The molecular weight excluding hydrogens is 254 g/mol. The fraction of sp³-hybridized carbons (Fsp3) is 0.600. The SMILES string of the molecule is CCC1CN(c2nc3c(cc2C#N)CCC3)CCS1. The van der Waals surface area contributed by atoms with Crippen LogP contribution in [-0.2, 0) is 12.8 Å². The Hall–Kier alpha value is -1.21. The zero-order chi connectivity index (χ0) is 13.2. The third kappa shape index (κ3) is 2.44. The Morgan fingerprint density at radius 3 is 3.21 bits per heavy atom. The molecule has 1 aromatic rings. The molecule has 1 aliphatic carbocycles. The number of hydrogen-bond donors (Lipinski definition) is 0. The van der Waals surface area contributed by atoms with Crippen molar-refractivity contribution in [2.24, 2.45) is 0 Å². The summed E-state index contributed by atoms with van der Waals surface area (Å²) in [7, 11) is 0. The van der Waals surface area contributed by atoms with E-state index in [1.807, 2.05) is 11.8 Å². The number of anilines is 1. The van der Waals surface area contributed by atoms with Gasteiger partial charge in [-0.3, -0.25) is 0 Å². The van der Waals surface area contributed by atoms with E-state index in [1.54, 1.807) is 0 Å². The van der Waals surface area contributed by atoms with E-state index in [-0.39, 0.29) is 0 Å². The van der Waals surface area contributed by atoms with Crippen LogP contribution < -0.4 is 4.90 Å². The van der Waals surface area contributed by atoms with Gasteiger partial charge in [-0.15, -0.1) is 0 Å². The third-order valence-corrected chi connectivity index (χ3v) is 5.42. The molecule has 0 amide bonds. The monoisotopic (exact) mass is 273 g/mol. The average molecular weight is 273 g/mol. The molecule has 0 aromatic carbocycles. The van der Waals surface area contributed by atoms with E-state index in [9.17, 15) is 5.26 Å². The molecule has 2 aliphatic rings. The van der Waals surface area contributed by atoms with Crippen LogP contribution in [0.5, 0.6) is 0 Å². The maximum absolute atomic E-state index is 9.38. The van der Waals surface area contributed by atoms with Gasteiger partial charge in [0, 0.05) is 29.8 Å². The predicted molar refractivity (Wildman–Crippen MR) is 79.7 cm³/mol. The number of nitriles is 1. The number of rotatable bonds is 2. The Morgan fingerprint density at radius 2 is 2.42 bits per heavy atom. The van der Waals surface area contributed by atoms with Gasteiger partial charge in [0.05, 0.1) is 5.56 Å². The molecule has 1 aliphatic heterocycles. The van der Waals surface area contributed by atoms with Gasteiger partial charge in [-0.25, -0.2) is 4.98 Å². The largest absolute Gasteiger partial charge is 0.354 e. The Kier molecular flexibility index (Phi) is 3.65. The third-order valence-electron chi connectivity index (χ3n) is 4.04. The van der Waals surface area contributed by atoms with Crippen molar-refractivity contribution in [1.82, 2.24) is 4.98 Å². The molecular formula is C15H19N3S. The molecule has 19 heavy (non-hydrogen) atoms. The van der Waals surface area contributed by atoms with Crippen molar-refractivity contribution in [1.29, 1.82) is 5.26 Å². The van der Waals surface area contributed by atoms with E-state index in [2.05, 4.69) is 24.0 Å². The lowest BCUT2D eigenvalue weighted by Gasteiger charge is -2.33. The maximum atomic E-state index is 9.38. The van der Waals surface area contributed by atoms with Crippen molar-refractivity contribution in [2.75, 3.05) is 23.7 Å². The molecule has 1 atom stereocenters. The maximum Gasteiger partial charge on any atom is 0.146 e. The number of fused-ring (bicyclic) bond motifs is 1. The van der Waals surface area contributed by atoms with E-state index >= 15 is 0 Å². The van der Waals surface area contributed by atoms with E-state index in [0.717, 1.165) is 43.1 Å². The van der Waals surface area contributed by atoms with Crippen LogP contribution in [0.25, 0.3) is 0 Å². The highest BCUT2D eigenvalue weighted by Gasteiger charge is 2.24. The van der Waals surface area contributed by atoms with Crippen molar-refractivity contribution in [3.63, 3.8) is 0 Å². The first-order chi connectivity index (χ1) is 9.31. The molecule has 3 rings (SSSR count). The van der Waals surface area contributed by atoms with Crippen LogP contribution in [0.15, 0.2) is 6.07 Å². The van der Waals surface area contributed by atoms with Crippen molar-refractivity contribution in [3.05, 3.63) is 22.9 Å². The molecule has 1 unspecified atom stereocenters.